The SMILES string of the molecule is COc1cc(N)c2nnccc2c1. The average molecular weight is 175 g/mol. The molecule has 4 nitrogen and oxygen atoms in total. The first-order valence-corrected chi connectivity index (χ1v) is 3.86. The van der Waals surface area contributed by atoms with Crippen LogP contribution < -0.4 is 10.5 Å². The maximum Gasteiger partial charge on any atom is 0.121 e. The highest BCUT2D eigenvalue weighted by molar-refractivity contribution is 5.90. The third kappa shape index (κ3) is 1.26. The van der Waals surface area contributed by atoms with Crippen LogP contribution in [0.15, 0.2) is 24.4 Å². The molecule has 4 heteroatoms. The third-order valence-electron chi connectivity index (χ3n) is 1.86. The van der Waals surface area contributed by atoms with Gasteiger partial charge in [-0.15, -0.1) is 5.10 Å². The number of benzene rings is 1. The molecule has 1 aromatic carbocycles. The number of nitrogen functional groups attached to an aromatic ring is 1. The Morgan fingerprint density at radius 3 is 3.00 bits per heavy atom. The summed E-state index contributed by atoms with van der Waals surface area (Å²) < 4.78 is 5.07. The molecule has 1 aromatic heterocycles. The van der Waals surface area contributed by atoms with Crippen LogP contribution in [-0.4, -0.2) is 17.3 Å². The van der Waals surface area contributed by atoms with Gasteiger partial charge in [-0.2, -0.15) is 5.10 Å². The number of hydrogen-bond acceptors (Lipinski definition) is 4. The first-order chi connectivity index (χ1) is 6.31. The van der Waals surface area contributed by atoms with Crippen LogP contribution in [0.1, 0.15) is 0 Å². The summed E-state index contributed by atoms with van der Waals surface area (Å²) in [4.78, 5) is 0. The average Bonchev–Trinajstić information content (AvgIpc) is 2.18. The quantitative estimate of drug-likeness (QED) is 0.662. The van der Waals surface area contributed by atoms with Gasteiger partial charge in [-0.1, -0.05) is 0 Å². The Kier molecular flexibility index (Phi) is 1.73. The van der Waals surface area contributed by atoms with Crippen molar-refractivity contribution in [1.29, 1.82) is 0 Å². The van der Waals surface area contributed by atoms with Gasteiger partial charge < -0.3 is 10.5 Å². The van der Waals surface area contributed by atoms with Gasteiger partial charge in [0.15, 0.2) is 0 Å². The Balaban J connectivity index is 2.77. The lowest BCUT2D eigenvalue weighted by atomic mass is 10.2. The van der Waals surface area contributed by atoms with Gasteiger partial charge in [0.05, 0.1) is 19.0 Å². The Morgan fingerprint density at radius 2 is 2.23 bits per heavy atom. The van der Waals surface area contributed by atoms with E-state index in [4.69, 9.17) is 10.5 Å². The summed E-state index contributed by atoms with van der Waals surface area (Å²) in [6.07, 6.45) is 1.63. The molecule has 0 saturated carbocycles. The van der Waals surface area contributed by atoms with Crippen molar-refractivity contribution in [1.82, 2.24) is 10.2 Å². The summed E-state index contributed by atoms with van der Waals surface area (Å²) >= 11 is 0. The van der Waals surface area contributed by atoms with Crippen LogP contribution in [0.5, 0.6) is 5.75 Å². The van der Waals surface area contributed by atoms with Gasteiger partial charge in [0.1, 0.15) is 11.3 Å². The maximum atomic E-state index is 5.75. The zero-order valence-corrected chi connectivity index (χ0v) is 7.19. The lowest BCUT2D eigenvalue weighted by Gasteiger charge is -2.03. The minimum atomic E-state index is 0.586. The second-order valence-corrected chi connectivity index (χ2v) is 2.69. The van der Waals surface area contributed by atoms with E-state index in [1.165, 1.54) is 0 Å². The van der Waals surface area contributed by atoms with Gasteiger partial charge in [0.2, 0.25) is 0 Å². The van der Waals surface area contributed by atoms with Crippen molar-refractivity contribution in [3.05, 3.63) is 24.4 Å². The van der Waals surface area contributed by atoms with Crippen LogP contribution in [0.4, 0.5) is 5.69 Å². The predicted molar refractivity (Wildman–Crippen MR) is 50.5 cm³/mol. The van der Waals surface area contributed by atoms with Crippen molar-refractivity contribution in [2.75, 3.05) is 12.8 Å². The van der Waals surface area contributed by atoms with Gasteiger partial charge >= 0.3 is 0 Å². The molecule has 2 aromatic rings. The number of ether oxygens (including phenoxy) is 1. The van der Waals surface area contributed by atoms with Gasteiger partial charge in [0.25, 0.3) is 0 Å². The van der Waals surface area contributed by atoms with Crippen LogP contribution >= 0.6 is 0 Å². The van der Waals surface area contributed by atoms with Crippen LogP contribution in [0.3, 0.4) is 0 Å². The van der Waals surface area contributed by atoms with E-state index in [0.29, 0.717) is 11.2 Å². The maximum absolute atomic E-state index is 5.75. The fourth-order valence-electron chi connectivity index (χ4n) is 1.22. The molecule has 0 aliphatic rings. The monoisotopic (exact) mass is 175 g/mol. The minimum absolute atomic E-state index is 0.586. The van der Waals surface area contributed by atoms with Crippen LogP contribution in [0.2, 0.25) is 0 Å². The Labute approximate surface area is 75.3 Å². The molecule has 0 aliphatic heterocycles. The number of hydrogen-bond donors (Lipinski definition) is 1. The summed E-state index contributed by atoms with van der Waals surface area (Å²) in [5.74, 6) is 0.734. The number of aromatic nitrogens is 2. The second kappa shape index (κ2) is 2.90. The molecule has 0 unspecified atom stereocenters. The smallest absolute Gasteiger partial charge is 0.121 e. The second-order valence-electron chi connectivity index (χ2n) is 2.69. The normalized spacial score (nSPS) is 10.2. The summed E-state index contributed by atoms with van der Waals surface area (Å²) in [6.45, 7) is 0. The molecule has 66 valence electrons. The molecule has 0 amide bonds. The molecule has 0 atom stereocenters. The van der Waals surface area contributed by atoms with E-state index in [1.807, 2.05) is 12.1 Å². The standard InChI is InChI=1S/C9H9N3O/c1-13-7-4-6-2-3-11-12-9(6)8(10)5-7/h2-5H,10H2,1H3. The number of nitrogens with two attached hydrogens (primary N) is 1. The Hall–Kier alpha value is -1.84. The highest BCUT2D eigenvalue weighted by atomic mass is 16.5. The summed E-state index contributed by atoms with van der Waals surface area (Å²) in [5, 5.41) is 8.62. The minimum Gasteiger partial charge on any atom is -0.497 e. The van der Waals surface area contributed by atoms with E-state index in [2.05, 4.69) is 10.2 Å². The number of anilines is 1. The summed E-state index contributed by atoms with van der Waals surface area (Å²) in [7, 11) is 1.61. The molecule has 2 N–H and O–H groups in total. The van der Waals surface area contributed by atoms with Crippen molar-refractivity contribution in [2.45, 2.75) is 0 Å². The summed E-state index contributed by atoms with van der Waals surface area (Å²) in [6, 6.07) is 5.46. The first-order valence-electron chi connectivity index (χ1n) is 3.86. The molecule has 0 saturated heterocycles. The topological polar surface area (TPSA) is 61.0 Å². The van der Waals surface area contributed by atoms with E-state index in [9.17, 15) is 0 Å². The Morgan fingerprint density at radius 1 is 1.38 bits per heavy atom. The fourth-order valence-corrected chi connectivity index (χ4v) is 1.22. The molecule has 0 spiro atoms. The largest absolute Gasteiger partial charge is 0.497 e. The zero-order chi connectivity index (χ0) is 9.26. The van der Waals surface area contributed by atoms with Gasteiger partial charge in [0, 0.05) is 11.5 Å². The van der Waals surface area contributed by atoms with Crippen LogP contribution in [-0.2, 0) is 0 Å². The zero-order valence-electron chi connectivity index (χ0n) is 7.19. The Bertz CT molecular complexity index is 442. The predicted octanol–water partition coefficient (Wildman–Crippen LogP) is 1.22. The number of methoxy groups -OCH3 is 1. The van der Waals surface area contributed by atoms with E-state index < -0.39 is 0 Å². The molecule has 0 bridgehead atoms. The molecule has 0 radical (unpaired) electrons. The van der Waals surface area contributed by atoms with Crippen LogP contribution in [0, 0.1) is 0 Å². The highest BCUT2D eigenvalue weighted by Crippen LogP contribution is 2.24. The number of nitrogens with zero attached hydrogens (tertiary/aromatic N) is 2. The third-order valence-corrected chi connectivity index (χ3v) is 1.86. The van der Waals surface area contributed by atoms with E-state index in [1.54, 1.807) is 19.4 Å². The van der Waals surface area contributed by atoms with Crippen molar-refractivity contribution in [3.63, 3.8) is 0 Å². The first kappa shape index (κ1) is 7.79. The van der Waals surface area contributed by atoms with Gasteiger partial charge in [-0.3, -0.25) is 0 Å². The van der Waals surface area contributed by atoms with Crippen molar-refractivity contribution in [2.24, 2.45) is 0 Å². The lowest BCUT2D eigenvalue weighted by Crippen LogP contribution is -1.93. The molecule has 0 aliphatic carbocycles. The molecular weight excluding hydrogens is 166 g/mol. The molecule has 2 rings (SSSR count). The number of fused-ring (bicyclic) bond motifs is 1. The van der Waals surface area contributed by atoms with Crippen molar-refractivity contribution >= 4 is 16.6 Å². The molecule has 0 fully saturated rings. The molecule has 1 heterocycles. The molecular formula is C9H9N3O. The fraction of sp³-hybridized carbons (Fsp3) is 0.111. The lowest BCUT2D eigenvalue weighted by molar-refractivity contribution is 0.415. The van der Waals surface area contributed by atoms with E-state index >= 15 is 0 Å². The van der Waals surface area contributed by atoms with E-state index in [0.717, 1.165) is 11.1 Å². The number of rotatable bonds is 1. The molecule has 13 heavy (non-hydrogen) atoms. The summed E-state index contributed by atoms with van der Waals surface area (Å²) in [5.41, 5.74) is 7.05. The van der Waals surface area contributed by atoms with Crippen molar-refractivity contribution < 1.29 is 4.74 Å². The van der Waals surface area contributed by atoms with Gasteiger partial charge in [-0.25, -0.2) is 0 Å². The van der Waals surface area contributed by atoms with Crippen molar-refractivity contribution in [3.8, 4) is 5.75 Å². The highest BCUT2D eigenvalue weighted by Gasteiger charge is 2.01. The van der Waals surface area contributed by atoms with E-state index in [-0.39, 0.29) is 0 Å². The van der Waals surface area contributed by atoms with Gasteiger partial charge in [-0.05, 0) is 12.1 Å². The van der Waals surface area contributed by atoms with Crippen LogP contribution in [0.25, 0.3) is 10.9 Å².